The van der Waals surface area contributed by atoms with Gasteiger partial charge in [-0.1, -0.05) is 18.2 Å². The van der Waals surface area contributed by atoms with E-state index in [4.69, 9.17) is 0 Å². The van der Waals surface area contributed by atoms with Gasteiger partial charge in [-0.05, 0) is 19.1 Å². The van der Waals surface area contributed by atoms with E-state index in [-0.39, 0.29) is 30.9 Å². The number of benzene rings is 1. The van der Waals surface area contributed by atoms with Crippen molar-refractivity contribution in [1.29, 1.82) is 0 Å². The van der Waals surface area contributed by atoms with Gasteiger partial charge in [-0.3, -0.25) is 9.48 Å². The molecule has 1 atom stereocenters. The number of hydrogen-bond acceptors (Lipinski definition) is 3. The first-order valence-electron chi connectivity index (χ1n) is 6.22. The fourth-order valence-corrected chi connectivity index (χ4v) is 1.78. The second kappa shape index (κ2) is 7.55. The van der Waals surface area contributed by atoms with E-state index in [1.807, 2.05) is 50.5 Å². The van der Waals surface area contributed by atoms with Crippen LogP contribution in [0, 0.1) is 0 Å². The number of anilines is 1. The molecule has 2 N–H and O–H groups in total. The van der Waals surface area contributed by atoms with Gasteiger partial charge < -0.3 is 10.6 Å². The van der Waals surface area contributed by atoms with Gasteiger partial charge in [0.05, 0.1) is 18.8 Å². The zero-order valence-electron chi connectivity index (χ0n) is 11.5. The molecule has 1 amide bonds. The highest BCUT2D eigenvalue weighted by atomic mass is 35.5. The minimum Gasteiger partial charge on any atom is -0.376 e. The third-order valence-corrected chi connectivity index (χ3v) is 2.83. The van der Waals surface area contributed by atoms with Crippen molar-refractivity contribution in [3.63, 3.8) is 0 Å². The van der Waals surface area contributed by atoms with Crippen molar-refractivity contribution in [3.8, 4) is 0 Å². The molecule has 1 unspecified atom stereocenters. The summed E-state index contributed by atoms with van der Waals surface area (Å²) in [6.07, 6.45) is 3.66. The lowest BCUT2D eigenvalue weighted by Gasteiger charge is -2.13. The number of aryl methyl sites for hydroxylation is 1. The number of hydrogen-bond donors (Lipinski definition) is 2. The van der Waals surface area contributed by atoms with Crippen LogP contribution in [-0.4, -0.2) is 22.2 Å². The first-order valence-corrected chi connectivity index (χ1v) is 6.22. The fourth-order valence-electron chi connectivity index (χ4n) is 1.78. The van der Waals surface area contributed by atoms with Crippen LogP contribution in [0.15, 0.2) is 42.7 Å². The van der Waals surface area contributed by atoms with Crippen molar-refractivity contribution in [2.75, 3.05) is 11.9 Å². The summed E-state index contributed by atoms with van der Waals surface area (Å²) in [5.41, 5.74) is 1.93. The molecule has 1 aromatic heterocycles. The molecule has 108 valence electrons. The third kappa shape index (κ3) is 4.59. The second-order valence-electron chi connectivity index (χ2n) is 4.46. The molecule has 0 spiro atoms. The first-order chi connectivity index (χ1) is 9.15. The van der Waals surface area contributed by atoms with E-state index in [1.165, 1.54) is 0 Å². The first kappa shape index (κ1) is 16.0. The second-order valence-corrected chi connectivity index (χ2v) is 4.46. The summed E-state index contributed by atoms with van der Waals surface area (Å²) in [5, 5.41) is 10.1. The maximum absolute atomic E-state index is 11.8. The highest BCUT2D eigenvalue weighted by Gasteiger charge is 2.10. The molecule has 1 aromatic carbocycles. The number of nitrogens with zero attached hydrogens (tertiary/aromatic N) is 2. The molecule has 0 aliphatic rings. The molecule has 0 radical (unpaired) electrons. The third-order valence-electron chi connectivity index (χ3n) is 2.83. The van der Waals surface area contributed by atoms with Crippen LogP contribution in [0.25, 0.3) is 0 Å². The Hall–Kier alpha value is -2.01. The van der Waals surface area contributed by atoms with E-state index in [9.17, 15) is 4.79 Å². The van der Waals surface area contributed by atoms with Gasteiger partial charge in [0.2, 0.25) is 5.91 Å². The molecule has 0 aliphatic heterocycles. The van der Waals surface area contributed by atoms with Gasteiger partial charge in [-0.25, -0.2) is 0 Å². The summed E-state index contributed by atoms with van der Waals surface area (Å²) in [6.45, 7) is 2.20. The van der Waals surface area contributed by atoms with Crippen LogP contribution in [0.3, 0.4) is 0 Å². The number of amides is 1. The average molecular weight is 295 g/mol. The minimum absolute atomic E-state index is 0. The van der Waals surface area contributed by atoms with E-state index < -0.39 is 0 Å². The zero-order chi connectivity index (χ0) is 13.7. The van der Waals surface area contributed by atoms with Gasteiger partial charge in [-0.15, -0.1) is 12.4 Å². The van der Waals surface area contributed by atoms with Crippen LogP contribution in [0.5, 0.6) is 0 Å². The maximum Gasteiger partial charge on any atom is 0.239 e. The zero-order valence-corrected chi connectivity index (χ0v) is 12.4. The monoisotopic (exact) mass is 294 g/mol. The number of para-hydroxylation sites is 1. The lowest BCUT2D eigenvalue weighted by molar-refractivity contribution is -0.120. The van der Waals surface area contributed by atoms with E-state index >= 15 is 0 Å². The van der Waals surface area contributed by atoms with Crippen molar-refractivity contribution in [1.82, 2.24) is 15.1 Å². The quantitative estimate of drug-likeness (QED) is 0.888. The number of nitrogens with one attached hydrogen (secondary N) is 2. The predicted molar refractivity (Wildman–Crippen MR) is 81.9 cm³/mol. The highest BCUT2D eigenvalue weighted by molar-refractivity contribution is 5.85. The fraction of sp³-hybridized carbons (Fsp3) is 0.286. The van der Waals surface area contributed by atoms with E-state index in [0.717, 1.165) is 11.3 Å². The van der Waals surface area contributed by atoms with Crippen molar-refractivity contribution >= 4 is 24.0 Å². The molecule has 0 saturated carbocycles. The summed E-state index contributed by atoms with van der Waals surface area (Å²) in [6, 6.07) is 9.61. The normalized spacial score (nSPS) is 11.3. The van der Waals surface area contributed by atoms with Gasteiger partial charge >= 0.3 is 0 Å². The van der Waals surface area contributed by atoms with Crippen LogP contribution in [-0.2, 0) is 11.8 Å². The topological polar surface area (TPSA) is 59.0 Å². The summed E-state index contributed by atoms with van der Waals surface area (Å²) in [4.78, 5) is 11.8. The van der Waals surface area contributed by atoms with E-state index in [1.54, 1.807) is 10.9 Å². The molecule has 6 heteroatoms. The molecular weight excluding hydrogens is 276 g/mol. The summed E-state index contributed by atoms with van der Waals surface area (Å²) >= 11 is 0. The highest BCUT2D eigenvalue weighted by Crippen LogP contribution is 2.10. The molecule has 0 saturated heterocycles. The molecule has 2 rings (SSSR count). The van der Waals surface area contributed by atoms with Crippen molar-refractivity contribution in [2.24, 2.45) is 7.05 Å². The van der Waals surface area contributed by atoms with Gasteiger partial charge in [0.1, 0.15) is 0 Å². The summed E-state index contributed by atoms with van der Waals surface area (Å²) < 4.78 is 1.72. The van der Waals surface area contributed by atoms with Crippen molar-refractivity contribution in [3.05, 3.63) is 48.3 Å². The molecule has 1 heterocycles. The Bertz CT molecular complexity index is 541. The van der Waals surface area contributed by atoms with Gasteiger partial charge in [0, 0.05) is 24.5 Å². The van der Waals surface area contributed by atoms with Crippen LogP contribution >= 0.6 is 12.4 Å². The Morgan fingerprint density at radius 2 is 2.05 bits per heavy atom. The largest absolute Gasteiger partial charge is 0.376 e. The molecule has 0 fully saturated rings. The van der Waals surface area contributed by atoms with Gasteiger partial charge in [0.25, 0.3) is 0 Å². The van der Waals surface area contributed by atoms with Crippen LogP contribution in [0.1, 0.15) is 18.5 Å². The number of carbonyl (C=O) groups excluding carboxylic acids is 1. The Morgan fingerprint density at radius 3 is 2.65 bits per heavy atom. The van der Waals surface area contributed by atoms with E-state index in [0.29, 0.717) is 0 Å². The van der Waals surface area contributed by atoms with Crippen molar-refractivity contribution in [2.45, 2.75) is 13.0 Å². The SMILES string of the molecule is CC(NC(=O)CNc1ccccc1)c1cnn(C)c1.Cl. The Labute approximate surface area is 124 Å². The van der Waals surface area contributed by atoms with Crippen LogP contribution in [0.4, 0.5) is 5.69 Å². The standard InChI is InChI=1S/C14H18N4O.ClH/c1-11(12-8-16-18(2)10-12)17-14(19)9-15-13-6-4-3-5-7-13;/h3-8,10-11,15H,9H2,1-2H3,(H,17,19);1H. The number of rotatable bonds is 5. The van der Waals surface area contributed by atoms with E-state index in [2.05, 4.69) is 15.7 Å². The maximum atomic E-state index is 11.8. The number of halogens is 1. The summed E-state index contributed by atoms with van der Waals surface area (Å²) in [7, 11) is 1.86. The molecule has 5 nitrogen and oxygen atoms in total. The Balaban J connectivity index is 0.00000200. The molecular formula is C14H19ClN4O. The van der Waals surface area contributed by atoms with Crippen molar-refractivity contribution < 1.29 is 4.79 Å². The molecule has 20 heavy (non-hydrogen) atoms. The van der Waals surface area contributed by atoms with Gasteiger partial charge in [-0.2, -0.15) is 5.10 Å². The number of aromatic nitrogens is 2. The molecule has 0 aliphatic carbocycles. The average Bonchev–Trinajstić information content (AvgIpc) is 2.84. The summed E-state index contributed by atoms with van der Waals surface area (Å²) in [5.74, 6) is -0.0415. The lowest BCUT2D eigenvalue weighted by atomic mass is 10.2. The van der Waals surface area contributed by atoms with Gasteiger partial charge in [0.15, 0.2) is 0 Å². The Kier molecular flexibility index (Phi) is 6.06. The smallest absolute Gasteiger partial charge is 0.239 e. The minimum atomic E-state index is -0.0428. The molecule has 2 aromatic rings. The van der Waals surface area contributed by atoms with Crippen LogP contribution < -0.4 is 10.6 Å². The number of carbonyl (C=O) groups is 1. The lowest BCUT2D eigenvalue weighted by Crippen LogP contribution is -2.31. The predicted octanol–water partition coefficient (Wildman–Crippen LogP) is 2.13. The van der Waals surface area contributed by atoms with Crippen LogP contribution in [0.2, 0.25) is 0 Å². The molecule has 0 bridgehead atoms. The Morgan fingerprint density at radius 1 is 1.35 bits per heavy atom.